The minimum absolute atomic E-state index is 0.637. The Hall–Kier alpha value is -1.37. The fourth-order valence-corrected chi connectivity index (χ4v) is 2.40. The zero-order chi connectivity index (χ0) is 12.3. The van der Waals surface area contributed by atoms with Crippen LogP contribution < -0.4 is 5.73 Å². The molecule has 2 rings (SSSR count). The zero-order valence-corrected chi connectivity index (χ0v) is 10.3. The molecule has 0 spiro atoms. The molecule has 3 heteroatoms. The zero-order valence-electron chi connectivity index (χ0n) is 10.3. The predicted molar refractivity (Wildman–Crippen MR) is 68.2 cm³/mol. The number of benzene rings is 1. The van der Waals surface area contributed by atoms with Crippen molar-refractivity contribution in [3.05, 3.63) is 35.4 Å². The Bertz CT molecular complexity index is 431. The first kappa shape index (κ1) is 12.1. The lowest BCUT2D eigenvalue weighted by molar-refractivity contribution is 0.236. The monoisotopic (exact) mass is 229 g/mol. The predicted octanol–water partition coefficient (Wildman–Crippen LogP) is 1.68. The molecule has 90 valence electrons. The van der Waals surface area contributed by atoms with E-state index in [4.69, 9.17) is 11.0 Å². The van der Waals surface area contributed by atoms with Gasteiger partial charge < -0.3 is 5.73 Å². The number of rotatable bonds is 2. The first-order chi connectivity index (χ1) is 8.11. The molecular weight excluding hydrogens is 210 g/mol. The quantitative estimate of drug-likeness (QED) is 0.839. The Morgan fingerprint density at radius 2 is 2.12 bits per heavy atom. The summed E-state index contributed by atoms with van der Waals surface area (Å²) in [5.41, 5.74) is 7.97. The van der Waals surface area contributed by atoms with Gasteiger partial charge in [0.05, 0.1) is 6.07 Å². The average molecular weight is 229 g/mol. The highest BCUT2D eigenvalue weighted by Crippen LogP contribution is 2.19. The molecule has 0 fully saturated rings. The van der Waals surface area contributed by atoms with Gasteiger partial charge >= 0.3 is 0 Å². The van der Waals surface area contributed by atoms with Crippen LogP contribution in [0.25, 0.3) is 0 Å². The number of nitrogens with zero attached hydrogens (tertiary/aromatic N) is 2. The van der Waals surface area contributed by atoms with Crippen LogP contribution >= 0.6 is 0 Å². The molecule has 1 atom stereocenters. The summed E-state index contributed by atoms with van der Waals surface area (Å²) in [6.45, 7) is 4.36. The third-order valence-corrected chi connectivity index (χ3v) is 3.24. The van der Waals surface area contributed by atoms with Gasteiger partial charge in [0.25, 0.3) is 0 Å². The first-order valence-corrected chi connectivity index (χ1v) is 6.10. The first-order valence-electron chi connectivity index (χ1n) is 6.10. The second kappa shape index (κ2) is 4.87. The van der Waals surface area contributed by atoms with E-state index in [2.05, 4.69) is 35.2 Å². The Morgan fingerprint density at radius 3 is 2.82 bits per heavy atom. The summed E-state index contributed by atoms with van der Waals surface area (Å²) in [7, 11) is 0. The standard InChI is InChI=1S/C14H19N3/c1-14(16,10-15)11-17-8-4-7-12-5-2-3-6-13(12)9-17/h2-3,5-6H,4,7-9,11,16H2,1H3. The van der Waals surface area contributed by atoms with Crippen molar-refractivity contribution in [1.29, 1.82) is 5.26 Å². The summed E-state index contributed by atoms with van der Waals surface area (Å²) in [5.74, 6) is 0. The van der Waals surface area contributed by atoms with Gasteiger partial charge in [0.15, 0.2) is 0 Å². The number of hydrogen-bond donors (Lipinski definition) is 1. The van der Waals surface area contributed by atoms with Crippen LogP contribution in [0.4, 0.5) is 0 Å². The van der Waals surface area contributed by atoms with E-state index in [0.717, 1.165) is 25.9 Å². The third-order valence-electron chi connectivity index (χ3n) is 3.24. The van der Waals surface area contributed by atoms with Gasteiger partial charge in [0.2, 0.25) is 0 Å². The van der Waals surface area contributed by atoms with Crippen LogP contribution in [0.3, 0.4) is 0 Å². The van der Waals surface area contributed by atoms with Crippen molar-refractivity contribution >= 4 is 0 Å². The molecule has 1 aromatic rings. The van der Waals surface area contributed by atoms with E-state index in [1.807, 2.05) is 0 Å². The number of fused-ring (bicyclic) bond motifs is 1. The maximum Gasteiger partial charge on any atom is 0.114 e. The number of nitrogens with two attached hydrogens (primary N) is 1. The second-order valence-corrected chi connectivity index (χ2v) is 5.11. The molecule has 0 amide bonds. The summed E-state index contributed by atoms with van der Waals surface area (Å²) < 4.78 is 0. The molecule has 0 aliphatic carbocycles. The lowest BCUT2D eigenvalue weighted by atomic mass is 10.0. The Kier molecular flexibility index (Phi) is 3.46. The van der Waals surface area contributed by atoms with Gasteiger partial charge in [0.1, 0.15) is 5.54 Å². The SMILES string of the molecule is CC(N)(C#N)CN1CCCc2ccccc2C1. The van der Waals surface area contributed by atoms with Crippen molar-refractivity contribution in [3.8, 4) is 6.07 Å². The fourth-order valence-electron chi connectivity index (χ4n) is 2.40. The summed E-state index contributed by atoms with van der Waals surface area (Å²) >= 11 is 0. The minimum atomic E-state index is -0.751. The highest BCUT2D eigenvalue weighted by molar-refractivity contribution is 5.28. The Labute approximate surface area is 103 Å². The number of aryl methyl sites for hydroxylation is 1. The van der Waals surface area contributed by atoms with Crippen molar-refractivity contribution in [2.75, 3.05) is 13.1 Å². The molecule has 0 aromatic heterocycles. The van der Waals surface area contributed by atoms with Gasteiger partial charge in [-0.2, -0.15) is 5.26 Å². The molecule has 2 N–H and O–H groups in total. The van der Waals surface area contributed by atoms with E-state index in [0.29, 0.717) is 6.54 Å². The van der Waals surface area contributed by atoms with Crippen LogP contribution in [0.1, 0.15) is 24.5 Å². The topological polar surface area (TPSA) is 53.1 Å². The van der Waals surface area contributed by atoms with Gasteiger partial charge in [-0.05, 0) is 37.4 Å². The van der Waals surface area contributed by atoms with Crippen LogP contribution in [0.15, 0.2) is 24.3 Å². The normalized spacial score (nSPS) is 19.8. The molecule has 1 aliphatic heterocycles. The van der Waals surface area contributed by atoms with E-state index in [1.165, 1.54) is 11.1 Å². The van der Waals surface area contributed by atoms with Crippen molar-refractivity contribution in [2.45, 2.75) is 31.8 Å². The third kappa shape index (κ3) is 3.06. The largest absolute Gasteiger partial charge is 0.313 e. The van der Waals surface area contributed by atoms with E-state index < -0.39 is 5.54 Å². The van der Waals surface area contributed by atoms with Crippen LogP contribution in [0.2, 0.25) is 0 Å². The van der Waals surface area contributed by atoms with Gasteiger partial charge in [-0.25, -0.2) is 0 Å². The summed E-state index contributed by atoms with van der Waals surface area (Å²) in [5, 5.41) is 8.99. The van der Waals surface area contributed by atoms with E-state index in [-0.39, 0.29) is 0 Å². The van der Waals surface area contributed by atoms with Gasteiger partial charge in [-0.3, -0.25) is 4.90 Å². The smallest absolute Gasteiger partial charge is 0.114 e. The maximum atomic E-state index is 8.99. The number of hydrogen-bond acceptors (Lipinski definition) is 3. The van der Waals surface area contributed by atoms with Crippen LogP contribution in [-0.2, 0) is 13.0 Å². The Morgan fingerprint density at radius 1 is 1.41 bits per heavy atom. The maximum absolute atomic E-state index is 8.99. The molecule has 0 radical (unpaired) electrons. The van der Waals surface area contributed by atoms with Gasteiger partial charge in [-0.1, -0.05) is 24.3 Å². The Balaban J connectivity index is 2.11. The van der Waals surface area contributed by atoms with Crippen molar-refractivity contribution in [2.24, 2.45) is 5.73 Å². The van der Waals surface area contributed by atoms with E-state index in [9.17, 15) is 0 Å². The summed E-state index contributed by atoms with van der Waals surface area (Å²) in [6.07, 6.45) is 2.26. The molecule has 1 heterocycles. The summed E-state index contributed by atoms with van der Waals surface area (Å²) in [4.78, 5) is 2.29. The molecule has 1 aromatic carbocycles. The van der Waals surface area contributed by atoms with Crippen molar-refractivity contribution in [1.82, 2.24) is 4.90 Å². The summed E-state index contributed by atoms with van der Waals surface area (Å²) in [6, 6.07) is 10.7. The minimum Gasteiger partial charge on any atom is -0.313 e. The highest BCUT2D eigenvalue weighted by Gasteiger charge is 2.23. The molecule has 1 unspecified atom stereocenters. The lowest BCUT2D eigenvalue weighted by Crippen LogP contribution is -2.46. The molecule has 0 saturated heterocycles. The molecular formula is C14H19N3. The molecule has 0 saturated carbocycles. The molecule has 17 heavy (non-hydrogen) atoms. The van der Waals surface area contributed by atoms with E-state index >= 15 is 0 Å². The van der Waals surface area contributed by atoms with E-state index in [1.54, 1.807) is 6.92 Å². The van der Waals surface area contributed by atoms with Crippen LogP contribution in [0.5, 0.6) is 0 Å². The van der Waals surface area contributed by atoms with Gasteiger partial charge in [-0.15, -0.1) is 0 Å². The number of nitriles is 1. The highest BCUT2D eigenvalue weighted by atomic mass is 15.1. The van der Waals surface area contributed by atoms with Crippen molar-refractivity contribution < 1.29 is 0 Å². The van der Waals surface area contributed by atoms with Crippen LogP contribution in [0, 0.1) is 11.3 Å². The van der Waals surface area contributed by atoms with Crippen molar-refractivity contribution in [3.63, 3.8) is 0 Å². The second-order valence-electron chi connectivity index (χ2n) is 5.11. The molecule has 0 bridgehead atoms. The average Bonchev–Trinajstić information content (AvgIpc) is 2.50. The lowest BCUT2D eigenvalue weighted by Gasteiger charge is -2.26. The molecule has 3 nitrogen and oxygen atoms in total. The van der Waals surface area contributed by atoms with Gasteiger partial charge in [0, 0.05) is 13.1 Å². The molecule has 1 aliphatic rings. The van der Waals surface area contributed by atoms with Crippen LogP contribution in [-0.4, -0.2) is 23.5 Å². The fraction of sp³-hybridized carbons (Fsp3) is 0.500.